The highest BCUT2D eigenvalue weighted by atomic mass is 16.5. The minimum atomic E-state index is -0.333. The number of rotatable bonds is 6. The molecule has 136 valence electrons. The summed E-state index contributed by atoms with van der Waals surface area (Å²) in [6.07, 6.45) is 2.82. The van der Waals surface area contributed by atoms with Crippen LogP contribution >= 0.6 is 0 Å². The number of likely N-dealkylation sites (tertiary alicyclic amines) is 1. The van der Waals surface area contributed by atoms with Crippen molar-refractivity contribution in [3.63, 3.8) is 0 Å². The minimum Gasteiger partial charge on any atom is -0.462 e. The quantitative estimate of drug-likeness (QED) is 0.748. The van der Waals surface area contributed by atoms with E-state index in [0.717, 1.165) is 24.1 Å². The lowest BCUT2D eigenvalue weighted by molar-refractivity contribution is -0.130. The molecule has 1 aromatic carbocycles. The first-order valence-corrected chi connectivity index (χ1v) is 9.13. The molecule has 1 saturated carbocycles. The van der Waals surface area contributed by atoms with Crippen LogP contribution in [-0.2, 0) is 22.6 Å². The summed E-state index contributed by atoms with van der Waals surface area (Å²) in [5.41, 5.74) is 3.43. The number of fused-ring (bicyclic) bond motifs is 1. The van der Waals surface area contributed by atoms with Gasteiger partial charge in [0.2, 0.25) is 5.91 Å². The Morgan fingerprint density at radius 1 is 1.23 bits per heavy atom. The Morgan fingerprint density at radius 2 is 1.92 bits per heavy atom. The van der Waals surface area contributed by atoms with Crippen LogP contribution in [0.4, 0.5) is 0 Å². The highest BCUT2D eigenvalue weighted by Crippen LogP contribution is 2.46. The maximum atomic E-state index is 12.1. The van der Waals surface area contributed by atoms with Crippen molar-refractivity contribution in [2.75, 3.05) is 13.2 Å². The maximum absolute atomic E-state index is 12.1. The average Bonchev–Trinajstić information content (AvgIpc) is 3.20. The molecule has 2 atom stereocenters. The predicted molar refractivity (Wildman–Crippen MR) is 95.5 cm³/mol. The Kier molecular flexibility index (Phi) is 4.26. The van der Waals surface area contributed by atoms with Gasteiger partial charge in [-0.3, -0.25) is 9.48 Å². The SMILES string of the molecule is CCOC(=O)c1cn(Cc2ccc(CN3CC4CC4C3=O)cc2)nc1C. The van der Waals surface area contributed by atoms with E-state index in [2.05, 4.69) is 29.4 Å². The number of ether oxygens (including phenoxy) is 1. The second-order valence-corrected chi connectivity index (χ2v) is 7.18. The van der Waals surface area contributed by atoms with E-state index in [1.807, 2.05) is 11.8 Å². The zero-order valence-corrected chi connectivity index (χ0v) is 15.1. The molecule has 1 aliphatic carbocycles. The number of carbonyl (C=O) groups is 2. The first-order valence-electron chi connectivity index (χ1n) is 9.13. The number of piperidine rings is 1. The van der Waals surface area contributed by atoms with Gasteiger partial charge < -0.3 is 9.64 Å². The molecule has 2 unspecified atom stereocenters. The largest absolute Gasteiger partial charge is 0.462 e. The Bertz CT molecular complexity index is 840. The Labute approximate surface area is 152 Å². The monoisotopic (exact) mass is 353 g/mol. The third-order valence-corrected chi connectivity index (χ3v) is 5.19. The molecular weight excluding hydrogens is 330 g/mol. The zero-order chi connectivity index (χ0) is 18.3. The number of aryl methyl sites for hydroxylation is 1. The van der Waals surface area contributed by atoms with Crippen molar-refractivity contribution in [3.05, 3.63) is 52.8 Å². The molecule has 1 amide bonds. The Morgan fingerprint density at radius 3 is 2.54 bits per heavy atom. The first-order chi connectivity index (χ1) is 12.5. The molecule has 0 spiro atoms. The number of carbonyl (C=O) groups excluding carboxylic acids is 2. The average molecular weight is 353 g/mol. The van der Waals surface area contributed by atoms with Crippen molar-refractivity contribution in [1.29, 1.82) is 0 Å². The van der Waals surface area contributed by atoms with Crippen LogP contribution in [0.25, 0.3) is 0 Å². The number of aromatic nitrogens is 2. The van der Waals surface area contributed by atoms with Gasteiger partial charge in [0.1, 0.15) is 5.56 Å². The fraction of sp³-hybridized carbons (Fsp3) is 0.450. The van der Waals surface area contributed by atoms with Crippen LogP contribution in [0.15, 0.2) is 30.5 Å². The molecule has 6 nitrogen and oxygen atoms in total. The number of benzene rings is 1. The van der Waals surface area contributed by atoms with Gasteiger partial charge in [0, 0.05) is 25.2 Å². The van der Waals surface area contributed by atoms with E-state index >= 15 is 0 Å². The number of hydrogen-bond acceptors (Lipinski definition) is 4. The zero-order valence-electron chi connectivity index (χ0n) is 15.1. The summed E-state index contributed by atoms with van der Waals surface area (Å²) in [7, 11) is 0. The predicted octanol–water partition coefficient (Wildman–Crippen LogP) is 2.39. The van der Waals surface area contributed by atoms with Crippen LogP contribution in [0.5, 0.6) is 0 Å². The standard InChI is InChI=1S/C20H23N3O3/c1-3-26-20(25)18-12-23(21-13(18)2)10-15-6-4-14(5-7-15)9-22-11-16-8-17(16)19(22)24/h4-7,12,16-17H,3,8-11H2,1-2H3. The van der Waals surface area contributed by atoms with Gasteiger partial charge in [0.25, 0.3) is 0 Å². The highest BCUT2D eigenvalue weighted by molar-refractivity contribution is 5.90. The molecule has 2 aliphatic rings. The number of esters is 1. The van der Waals surface area contributed by atoms with Crippen LogP contribution in [0.1, 0.15) is 40.5 Å². The smallest absolute Gasteiger partial charge is 0.341 e. The molecule has 0 bridgehead atoms. The van der Waals surface area contributed by atoms with Crippen molar-refractivity contribution >= 4 is 11.9 Å². The fourth-order valence-electron chi connectivity index (χ4n) is 3.67. The van der Waals surface area contributed by atoms with Gasteiger partial charge in [-0.2, -0.15) is 5.10 Å². The van der Waals surface area contributed by atoms with Gasteiger partial charge in [-0.05, 0) is 37.3 Å². The molecular formula is C20H23N3O3. The lowest BCUT2D eigenvalue weighted by atomic mass is 10.1. The second-order valence-electron chi connectivity index (χ2n) is 7.18. The summed E-state index contributed by atoms with van der Waals surface area (Å²) < 4.78 is 6.80. The van der Waals surface area contributed by atoms with E-state index in [1.54, 1.807) is 17.8 Å². The number of nitrogens with zero attached hydrogens (tertiary/aromatic N) is 3. The molecule has 2 heterocycles. The van der Waals surface area contributed by atoms with E-state index in [-0.39, 0.29) is 5.97 Å². The first kappa shape index (κ1) is 16.8. The molecule has 2 aromatic rings. The minimum absolute atomic E-state index is 0.311. The molecule has 0 N–H and O–H groups in total. The van der Waals surface area contributed by atoms with E-state index in [9.17, 15) is 9.59 Å². The van der Waals surface area contributed by atoms with Crippen molar-refractivity contribution in [2.45, 2.75) is 33.4 Å². The molecule has 26 heavy (non-hydrogen) atoms. The van der Waals surface area contributed by atoms with E-state index in [4.69, 9.17) is 4.74 Å². The summed E-state index contributed by atoms with van der Waals surface area (Å²) >= 11 is 0. The van der Waals surface area contributed by atoms with Gasteiger partial charge in [-0.1, -0.05) is 24.3 Å². The van der Waals surface area contributed by atoms with E-state index in [1.165, 1.54) is 0 Å². The second kappa shape index (κ2) is 6.59. The fourth-order valence-corrected chi connectivity index (χ4v) is 3.67. The lowest BCUT2D eigenvalue weighted by Crippen LogP contribution is -2.27. The van der Waals surface area contributed by atoms with E-state index < -0.39 is 0 Å². The van der Waals surface area contributed by atoms with E-state index in [0.29, 0.717) is 48.7 Å². The van der Waals surface area contributed by atoms with Crippen LogP contribution in [0.3, 0.4) is 0 Å². The normalized spacial score (nSPS) is 21.0. The van der Waals surface area contributed by atoms with Crippen LogP contribution in [-0.4, -0.2) is 39.7 Å². The van der Waals surface area contributed by atoms with Crippen molar-refractivity contribution in [1.82, 2.24) is 14.7 Å². The van der Waals surface area contributed by atoms with Crippen molar-refractivity contribution in [3.8, 4) is 0 Å². The molecule has 4 rings (SSSR count). The van der Waals surface area contributed by atoms with Crippen LogP contribution in [0.2, 0.25) is 0 Å². The highest BCUT2D eigenvalue weighted by Gasteiger charge is 2.51. The van der Waals surface area contributed by atoms with Crippen LogP contribution in [0, 0.1) is 18.8 Å². The summed E-state index contributed by atoms with van der Waals surface area (Å²) in [6, 6.07) is 8.24. The van der Waals surface area contributed by atoms with Crippen LogP contribution < -0.4 is 0 Å². The topological polar surface area (TPSA) is 64.4 Å². The lowest BCUT2D eigenvalue weighted by Gasteiger charge is -2.18. The number of hydrogen-bond donors (Lipinski definition) is 0. The molecule has 2 fully saturated rings. The third kappa shape index (κ3) is 3.23. The third-order valence-electron chi connectivity index (χ3n) is 5.19. The summed E-state index contributed by atoms with van der Waals surface area (Å²) in [5.74, 6) is 0.904. The Balaban J connectivity index is 1.39. The molecule has 1 aromatic heterocycles. The Hall–Kier alpha value is -2.63. The number of amides is 1. The molecule has 1 saturated heterocycles. The summed E-state index contributed by atoms with van der Waals surface area (Å²) in [4.78, 5) is 25.9. The molecule has 6 heteroatoms. The van der Waals surface area contributed by atoms with Gasteiger partial charge >= 0.3 is 5.97 Å². The maximum Gasteiger partial charge on any atom is 0.341 e. The summed E-state index contributed by atoms with van der Waals surface area (Å²) in [5, 5.41) is 4.40. The van der Waals surface area contributed by atoms with Crippen molar-refractivity contribution in [2.24, 2.45) is 11.8 Å². The van der Waals surface area contributed by atoms with Gasteiger partial charge in [-0.15, -0.1) is 0 Å². The van der Waals surface area contributed by atoms with Gasteiger partial charge in [0.05, 0.1) is 18.8 Å². The molecule has 1 aliphatic heterocycles. The summed E-state index contributed by atoms with van der Waals surface area (Å²) in [6.45, 7) is 6.15. The molecule has 0 radical (unpaired) electrons. The van der Waals surface area contributed by atoms with Gasteiger partial charge in [0.15, 0.2) is 0 Å². The van der Waals surface area contributed by atoms with Gasteiger partial charge in [-0.25, -0.2) is 4.79 Å². The van der Waals surface area contributed by atoms with Crippen molar-refractivity contribution < 1.29 is 14.3 Å².